The van der Waals surface area contributed by atoms with Gasteiger partial charge in [0, 0.05) is 30.0 Å². The second-order valence-electron chi connectivity index (χ2n) is 5.30. The van der Waals surface area contributed by atoms with Crippen molar-refractivity contribution in [2.24, 2.45) is 0 Å². The van der Waals surface area contributed by atoms with Crippen LogP contribution in [0.5, 0.6) is 5.75 Å². The van der Waals surface area contributed by atoms with Crippen LogP contribution in [-0.4, -0.2) is 29.5 Å². The maximum Gasteiger partial charge on any atom is 0.260 e. The van der Waals surface area contributed by atoms with Crippen molar-refractivity contribution in [2.75, 3.05) is 18.6 Å². The number of amides is 1. The SMILES string of the molecule is COc1ccc2c(c1)CCN2C(=O)c1c[nH]c2ncccc12. The van der Waals surface area contributed by atoms with Gasteiger partial charge >= 0.3 is 0 Å². The smallest absolute Gasteiger partial charge is 0.260 e. The number of anilines is 1. The second kappa shape index (κ2) is 4.87. The van der Waals surface area contributed by atoms with Gasteiger partial charge in [0.25, 0.3) is 5.91 Å². The molecule has 22 heavy (non-hydrogen) atoms. The predicted octanol–water partition coefficient (Wildman–Crippen LogP) is 2.77. The van der Waals surface area contributed by atoms with Crippen LogP contribution in [0.1, 0.15) is 15.9 Å². The molecule has 2 aromatic heterocycles. The van der Waals surface area contributed by atoms with Gasteiger partial charge in [-0.15, -0.1) is 0 Å². The Morgan fingerprint density at radius 2 is 2.27 bits per heavy atom. The van der Waals surface area contributed by atoms with Gasteiger partial charge in [0.2, 0.25) is 0 Å². The number of pyridine rings is 1. The van der Waals surface area contributed by atoms with Gasteiger partial charge in [-0.1, -0.05) is 0 Å². The van der Waals surface area contributed by atoms with Gasteiger partial charge in [0.05, 0.1) is 12.7 Å². The minimum atomic E-state index is 0.00293. The second-order valence-corrected chi connectivity index (χ2v) is 5.30. The van der Waals surface area contributed by atoms with Crippen LogP contribution in [0.2, 0.25) is 0 Å². The first-order chi connectivity index (χ1) is 10.8. The maximum absolute atomic E-state index is 12.9. The Bertz CT molecular complexity index is 869. The van der Waals surface area contributed by atoms with Crippen molar-refractivity contribution in [1.82, 2.24) is 9.97 Å². The topological polar surface area (TPSA) is 58.2 Å². The molecule has 110 valence electrons. The third kappa shape index (κ3) is 1.86. The zero-order valence-corrected chi connectivity index (χ0v) is 12.2. The van der Waals surface area contributed by atoms with Gasteiger partial charge in [0.1, 0.15) is 11.4 Å². The Morgan fingerprint density at radius 3 is 3.14 bits per heavy atom. The molecule has 0 aliphatic carbocycles. The van der Waals surface area contributed by atoms with Crippen LogP contribution >= 0.6 is 0 Å². The summed E-state index contributed by atoms with van der Waals surface area (Å²) in [5.41, 5.74) is 3.50. The Balaban J connectivity index is 1.74. The molecule has 1 N–H and O–H groups in total. The highest BCUT2D eigenvalue weighted by Gasteiger charge is 2.27. The number of rotatable bonds is 2. The third-order valence-electron chi connectivity index (χ3n) is 4.11. The molecule has 1 aliphatic rings. The monoisotopic (exact) mass is 293 g/mol. The fourth-order valence-corrected chi connectivity index (χ4v) is 2.99. The van der Waals surface area contributed by atoms with Gasteiger partial charge in [-0.25, -0.2) is 4.98 Å². The first-order valence-corrected chi connectivity index (χ1v) is 7.19. The number of fused-ring (bicyclic) bond motifs is 2. The minimum absolute atomic E-state index is 0.00293. The van der Waals surface area contributed by atoms with E-state index in [4.69, 9.17) is 4.74 Å². The highest BCUT2D eigenvalue weighted by Crippen LogP contribution is 2.33. The Labute approximate surface area is 127 Å². The molecule has 0 fully saturated rings. The van der Waals surface area contributed by atoms with Gasteiger partial charge in [-0.3, -0.25) is 4.79 Å². The van der Waals surface area contributed by atoms with Crippen molar-refractivity contribution < 1.29 is 9.53 Å². The molecule has 3 aromatic rings. The molecule has 4 rings (SSSR count). The Kier molecular flexibility index (Phi) is 2.85. The normalized spacial score (nSPS) is 13.4. The van der Waals surface area contributed by atoms with E-state index in [2.05, 4.69) is 9.97 Å². The summed E-state index contributed by atoms with van der Waals surface area (Å²) in [7, 11) is 1.65. The summed E-state index contributed by atoms with van der Waals surface area (Å²) in [6.45, 7) is 0.689. The zero-order chi connectivity index (χ0) is 15.1. The highest BCUT2D eigenvalue weighted by atomic mass is 16.5. The molecule has 0 atom stereocenters. The van der Waals surface area contributed by atoms with Crippen LogP contribution in [-0.2, 0) is 6.42 Å². The Morgan fingerprint density at radius 1 is 1.36 bits per heavy atom. The summed E-state index contributed by atoms with van der Waals surface area (Å²) in [5.74, 6) is 0.826. The largest absolute Gasteiger partial charge is 0.497 e. The lowest BCUT2D eigenvalue weighted by atomic mass is 10.1. The van der Waals surface area contributed by atoms with Crippen molar-refractivity contribution in [1.29, 1.82) is 0 Å². The molecule has 1 aliphatic heterocycles. The number of ether oxygens (including phenoxy) is 1. The van der Waals surface area contributed by atoms with E-state index in [-0.39, 0.29) is 5.91 Å². The van der Waals surface area contributed by atoms with Crippen molar-refractivity contribution in [3.05, 3.63) is 53.9 Å². The van der Waals surface area contributed by atoms with Crippen LogP contribution < -0.4 is 9.64 Å². The van der Waals surface area contributed by atoms with E-state index in [1.807, 2.05) is 35.2 Å². The summed E-state index contributed by atoms with van der Waals surface area (Å²) >= 11 is 0. The number of carbonyl (C=O) groups is 1. The number of H-pyrrole nitrogens is 1. The average molecular weight is 293 g/mol. The van der Waals surface area contributed by atoms with Crippen molar-refractivity contribution in [3.63, 3.8) is 0 Å². The average Bonchev–Trinajstić information content (AvgIpc) is 3.17. The lowest BCUT2D eigenvalue weighted by Gasteiger charge is -2.17. The summed E-state index contributed by atoms with van der Waals surface area (Å²) < 4.78 is 5.25. The van der Waals surface area contributed by atoms with Crippen LogP contribution in [0.3, 0.4) is 0 Å². The van der Waals surface area contributed by atoms with E-state index in [1.165, 1.54) is 0 Å². The first-order valence-electron chi connectivity index (χ1n) is 7.19. The summed E-state index contributed by atoms with van der Waals surface area (Å²) in [6, 6.07) is 9.60. The number of aromatic nitrogens is 2. The molecular weight excluding hydrogens is 278 g/mol. The Hall–Kier alpha value is -2.82. The maximum atomic E-state index is 12.9. The lowest BCUT2D eigenvalue weighted by Crippen LogP contribution is -2.28. The zero-order valence-electron chi connectivity index (χ0n) is 12.2. The van der Waals surface area contributed by atoms with Crippen LogP contribution in [0.15, 0.2) is 42.7 Å². The molecule has 3 heterocycles. The number of nitrogens with zero attached hydrogens (tertiary/aromatic N) is 2. The standard InChI is InChI=1S/C17H15N3O2/c1-22-12-4-5-15-11(9-12)6-8-20(15)17(21)14-10-19-16-13(14)3-2-7-18-16/h2-5,7,9-10H,6,8H2,1H3,(H,18,19). The van der Waals surface area contributed by atoms with E-state index in [9.17, 15) is 4.79 Å². The molecule has 0 saturated carbocycles. The van der Waals surface area contributed by atoms with Crippen LogP contribution in [0.4, 0.5) is 5.69 Å². The summed E-state index contributed by atoms with van der Waals surface area (Å²) in [4.78, 5) is 22.0. The van der Waals surface area contributed by atoms with E-state index in [0.717, 1.165) is 34.5 Å². The molecule has 1 aromatic carbocycles. The highest BCUT2D eigenvalue weighted by molar-refractivity contribution is 6.14. The molecule has 1 amide bonds. The van der Waals surface area contributed by atoms with Crippen molar-refractivity contribution in [2.45, 2.75) is 6.42 Å². The number of nitrogens with one attached hydrogen (secondary N) is 1. The minimum Gasteiger partial charge on any atom is -0.497 e. The molecule has 0 unspecified atom stereocenters. The molecule has 0 bridgehead atoms. The van der Waals surface area contributed by atoms with Gasteiger partial charge in [-0.05, 0) is 42.3 Å². The summed E-state index contributed by atoms with van der Waals surface area (Å²) in [5, 5.41) is 0.856. The molecule has 0 radical (unpaired) electrons. The molecule has 5 nitrogen and oxygen atoms in total. The number of methoxy groups -OCH3 is 1. The number of hydrogen-bond donors (Lipinski definition) is 1. The van der Waals surface area contributed by atoms with Gasteiger partial charge in [-0.2, -0.15) is 0 Å². The van der Waals surface area contributed by atoms with E-state index in [0.29, 0.717) is 12.1 Å². The van der Waals surface area contributed by atoms with E-state index in [1.54, 1.807) is 19.5 Å². The van der Waals surface area contributed by atoms with Crippen LogP contribution in [0.25, 0.3) is 11.0 Å². The molecule has 0 spiro atoms. The number of benzene rings is 1. The quantitative estimate of drug-likeness (QED) is 0.790. The fraction of sp³-hybridized carbons (Fsp3) is 0.176. The molecular formula is C17H15N3O2. The van der Waals surface area contributed by atoms with Crippen molar-refractivity contribution >= 4 is 22.6 Å². The number of hydrogen-bond acceptors (Lipinski definition) is 3. The third-order valence-corrected chi connectivity index (χ3v) is 4.11. The number of carbonyl (C=O) groups excluding carboxylic acids is 1. The van der Waals surface area contributed by atoms with Gasteiger partial charge in [0.15, 0.2) is 0 Å². The first kappa shape index (κ1) is 12.9. The summed E-state index contributed by atoms with van der Waals surface area (Å²) in [6.07, 6.45) is 4.30. The predicted molar refractivity (Wildman–Crippen MR) is 84.5 cm³/mol. The van der Waals surface area contributed by atoms with Crippen molar-refractivity contribution in [3.8, 4) is 5.75 Å². The van der Waals surface area contributed by atoms with Gasteiger partial charge < -0.3 is 14.6 Å². The lowest BCUT2D eigenvalue weighted by molar-refractivity contribution is 0.0991. The fourth-order valence-electron chi connectivity index (χ4n) is 2.99. The van der Waals surface area contributed by atoms with Crippen LogP contribution in [0, 0.1) is 0 Å². The molecule has 0 saturated heterocycles. The van der Waals surface area contributed by atoms with E-state index >= 15 is 0 Å². The van der Waals surface area contributed by atoms with E-state index < -0.39 is 0 Å². The molecule has 5 heteroatoms. The number of aromatic amines is 1.